The molecule has 0 saturated carbocycles. The van der Waals surface area contributed by atoms with E-state index in [1.54, 1.807) is 0 Å². The number of nitrogens with two attached hydrogens (primary N) is 2. The molecule has 1 aliphatic rings. The quantitative estimate of drug-likeness (QED) is 0.607. The molecule has 0 aromatic carbocycles. The second-order valence-corrected chi connectivity index (χ2v) is 2.51. The highest BCUT2D eigenvalue weighted by molar-refractivity contribution is 5.86. The molecule has 0 aromatic rings. The van der Waals surface area contributed by atoms with Crippen LogP contribution in [0.25, 0.3) is 0 Å². The van der Waals surface area contributed by atoms with Crippen LogP contribution in [0, 0.1) is 5.41 Å². The molecular formula is C5H16Cl3N3. The molecule has 6 heteroatoms. The van der Waals surface area contributed by atoms with Gasteiger partial charge in [0.15, 0.2) is 0 Å². The maximum Gasteiger partial charge on any atom is 0.0197 e. The van der Waals surface area contributed by atoms with Crippen LogP contribution in [0.4, 0.5) is 0 Å². The fourth-order valence-electron chi connectivity index (χ4n) is 0.851. The Morgan fingerprint density at radius 3 is 1.36 bits per heavy atom. The van der Waals surface area contributed by atoms with Crippen LogP contribution in [0.5, 0.6) is 0 Å². The molecule has 0 spiro atoms. The summed E-state index contributed by atoms with van der Waals surface area (Å²) in [5.74, 6) is 0. The minimum Gasteiger partial charge on any atom is -0.330 e. The molecule has 3 nitrogen and oxygen atoms in total. The van der Waals surface area contributed by atoms with E-state index in [2.05, 4.69) is 5.32 Å². The summed E-state index contributed by atoms with van der Waals surface area (Å²) in [4.78, 5) is 0. The summed E-state index contributed by atoms with van der Waals surface area (Å²) in [6.45, 7) is 3.44. The van der Waals surface area contributed by atoms with Crippen LogP contribution in [0.3, 0.4) is 0 Å². The van der Waals surface area contributed by atoms with E-state index < -0.39 is 0 Å². The standard InChI is InChI=1S/C5H13N3.3ClH/c6-1-5(2-7)3-8-4-5;;;/h8H,1-4,6-7H2;3*1H. The van der Waals surface area contributed by atoms with Gasteiger partial charge in [0.05, 0.1) is 0 Å². The molecule has 0 bridgehead atoms. The van der Waals surface area contributed by atoms with Gasteiger partial charge in [-0.3, -0.25) is 0 Å². The van der Waals surface area contributed by atoms with Crippen molar-refractivity contribution in [3.8, 4) is 0 Å². The molecule has 1 heterocycles. The summed E-state index contributed by atoms with van der Waals surface area (Å²) in [5.41, 5.74) is 11.2. The predicted molar refractivity (Wildman–Crippen MR) is 55.2 cm³/mol. The zero-order valence-electron chi connectivity index (χ0n) is 6.21. The Labute approximate surface area is 85.9 Å². The first kappa shape index (κ1) is 17.7. The molecule has 0 atom stereocenters. The molecule has 72 valence electrons. The lowest BCUT2D eigenvalue weighted by Crippen LogP contribution is -2.61. The summed E-state index contributed by atoms with van der Waals surface area (Å²) in [6, 6.07) is 0. The lowest BCUT2D eigenvalue weighted by atomic mass is 9.82. The maximum absolute atomic E-state index is 5.46. The second kappa shape index (κ2) is 7.40. The highest BCUT2D eigenvalue weighted by Crippen LogP contribution is 2.17. The first-order valence-electron chi connectivity index (χ1n) is 2.94. The van der Waals surface area contributed by atoms with Gasteiger partial charge in [-0.15, -0.1) is 37.2 Å². The molecule has 0 radical (unpaired) electrons. The molecule has 1 rings (SSSR count). The van der Waals surface area contributed by atoms with Crippen molar-refractivity contribution in [2.45, 2.75) is 0 Å². The van der Waals surface area contributed by atoms with E-state index in [1.165, 1.54) is 0 Å². The van der Waals surface area contributed by atoms with Gasteiger partial charge in [0.25, 0.3) is 0 Å². The highest BCUT2D eigenvalue weighted by Gasteiger charge is 2.33. The van der Waals surface area contributed by atoms with Crippen molar-refractivity contribution in [1.82, 2.24) is 5.32 Å². The minimum atomic E-state index is 0. The number of hydrogen-bond acceptors (Lipinski definition) is 3. The van der Waals surface area contributed by atoms with E-state index in [4.69, 9.17) is 11.5 Å². The van der Waals surface area contributed by atoms with Gasteiger partial charge in [0.2, 0.25) is 0 Å². The Morgan fingerprint density at radius 2 is 1.36 bits per heavy atom. The van der Waals surface area contributed by atoms with Crippen molar-refractivity contribution in [2.24, 2.45) is 16.9 Å². The third-order valence-corrected chi connectivity index (χ3v) is 1.87. The number of rotatable bonds is 2. The van der Waals surface area contributed by atoms with Gasteiger partial charge in [0, 0.05) is 31.6 Å². The number of hydrogen-bond donors (Lipinski definition) is 3. The lowest BCUT2D eigenvalue weighted by Gasteiger charge is -2.40. The highest BCUT2D eigenvalue weighted by atomic mass is 35.5. The van der Waals surface area contributed by atoms with E-state index in [-0.39, 0.29) is 42.6 Å². The smallest absolute Gasteiger partial charge is 0.0197 e. The third kappa shape index (κ3) is 3.78. The Balaban J connectivity index is -0.000000213. The normalized spacial score (nSPS) is 18.0. The van der Waals surface area contributed by atoms with Crippen LogP contribution in [-0.2, 0) is 0 Å². The Hall–Kier alpha value is 0.750. The number of nitrogens with one attached hydrogen (secondary N) is 1. The van der Waals surface area contributed by atoms with Gasteiger partial charge in [0.1, 0.15) is 0 Å². The molecule has 1 saturated heterocycles. The van der Waals surface area contributed by atoms with Crippen LogP contribution in [0.15, 0.2) is 0 Å². The first-order valence-corrected chi connectivity index (χ1v) is 2.94. The SMILES string of the molecule is Cl.Cl.Cl.NCC1(CN)CNC1. The van der Waals surface area contributed by atoms with E-state index in [0.29, 0.717) is 0 Å². The fourth-order valence-corrected chi connectivity index (χ4v) is 0.851. The van der Waals surface area contributed by atoms with Gasteiger partial charge in [-0.05, 0) is 0 Å². The van der Waals surface area contributed by atoms with E-state index in [1.807, 2.05) is 0 Å². The largest absolute Gasteiger partial charge is 0.330 e. The molecule has 5 N–H and O–H groups in total. The summed E-state index contributed by atoms with van der Waals surface area (Å²) in [5, 5.41) is 3.14. The van der Waals surface area contributed by atoms with Crippen molar-refractivity contribution in [2.75, 3.05) is 26.2 Å². The maximum atomic E-state index is 5.46. The van der Waals surface area contributed by atoms with E-state index >= 15 is 0 Å². The van der Waals surface area contributed by atoms with Crippen molar-refractivity contribution >= 4 is 37.2 Å². The fraction of sp³-hybridized carbons (Fsp3) is 1.00. The van der Waals surface area contributed by atoms with Gasteiger partial charge >= 0.3 is 0 Å². The summed E-state index contributed by atoms with van der Waals surface area (Å²) in [7, 11) is 0. The zero-order valence-corrected chi connectivity index (χ0v) is 8.66. The third-order valence-electron chi connectivity index (χ3n) is 1.87. The van der Waals surface area contributed by atoms with Crippen molar-refractivity contribution in [3.05, 3.63) is 0 Å². The van der Waals surface area contributed by atoms with Crippen molar-refractivity contribution < 1.29 is 0 Å². The lowest BCUT2D eigenvalue weighted by molar-refractivity contribution is 0.190. The van der Waals surface area contributed by atoms with E-state index in [0.717, 1.165) is 26.2 Å². The summed E-state index contributed by atoms with van der Waals surface area (Å²) < 4.78 is 0. The Morgan fingerprint density at radius 1 is 1.00 bits per heavy atom. The molecule has 0 unspecified atom stereocenters. The molecule has 11 heavy (non-hydrogen) atoms. The van der Waals surface area contributed by atoms with Gasteiger partial charge in [-0.2, -0.15) is 0 Å². The van der Waals surface area contributed by atoms with Crippen molar-refractivity contribution in [3.63, 3.8) is 0 Å². The van der Waals surface area contributed by atoms with Crippen LogP contribution in [0.2, 0.25) is 0 Å². The average Bonchev–Trinajstić information content (AvgIpc) is 1.67. The predicted octanol–water partition coefficient (Wildman–Crippen LogP) is -0.241. The Kier molecular flexibility index (Phi) is 11.9. The summed E-state index contributed by atoms with van der Waals surface area (Å²) >= 11 is 0. The van der Waals surface area contributed by atoms with Gasteiger partial charge in [-0.25, -0.2) is 0 Å². The monoisotopic (exact) mass is 223 g/mol. The average molecular weight is 225 g/mol. The number of halogens is 3. The van der Waals surface area contributed by atoms with Crippen molar-refractivity contribution in [1.29, 1.82) is 0 Å². The minimum absolute atomic E-state index is 0. The molecular weight excluding hydrogens is 208 g/mol. The topological polar surface area (TPSA) is 64.1 Å². The van der Waals surface area contributed by atoms with Gasteiger partial charge < -0.3 is 16.8 Å². The molecule has 0 aliphatic carbocycles. The molecule has 1 aliphatic heterocycles. The molecule has 1 fully saturated rings. The summed E-state index contributed by atoms with van der Waals surface area (Å²) in [6.07, 6.45) is 0. The second-order valence-electron chi connectivity index (χ2n) is 2.51. The Bertz CT molecular complexity index is 73.5. The molecule has 0 amide bonds. The molecule has 0 aromatic heterocycles. The first-order chi connectivity index (χ1) is 3.83. The van der Waals surface area contributed by atoms with E-state index in [9.17, 15) is 0 Å². The van der Waals surface area contributed by atoms with Crippen LogP contribution < -0.4 is 16.8 Å². The van der Waals surface area contributed by atoms with Crippen LogP contribution in [-0.4, -0.2) is 26.2 Å². The van der Waals surface area contributed by atoms with Crippen LogP contribution in [0.1, 0.15) is 0 Å². The zero-order chi connectivity index (χ0) is 6.04. The van der Waals surface area contributed by atoms with Gasteiger partial charge in [-0.1, -0.05) is 0 Å². The van der Waals surface area contributed by atoms with Crippen LogP contribution >= 0.6 is 37.2 Å².